The van der Waals surface area contributed by atoms with Gasteiger partial charge in [0.05, 0.1) is 15.7 Å². The maximum absolute atomic E-state index is 13.4. The molecule has 0 N–H and O–H groups in total. The van der Waals surface area contributed by atoms with Crippen molar-refractivity contribution in [2.75, 3.05) is 26.2 Å². The lowest BCUT2D eigenvalue weighted by atomic mass is 9.70. The van der Waals surface area contributed by atoms with E-state index in [0.717, 1.165) is 27.8 Å². The van der Waals surface area contributed by atoms with Crippen LogP contribution in [0.5, 0.6) is 0 Å². The number of rotatable bonds is 4. The van der Waals surface area contributed by atoms with Gasteiger partial charge in [-0.25, -0.2) is 16.8 Å². The lowest BCUT2D eigenvalue weighted by Gasteiger charge is -2.33. The molecule has 2 atom stereocenters. The molecular formula is C27H26N2O5S2. The Labute approximate surface area is 211 Å². The molecule has 186 valence electrons. The Morgan fingerprint density at radius 3 is 1.86 bits per heavy atom. The molecule has 0 aromatic heterocycles. The number of fused-ring (bicyclic) bond motifs is 1. The Morgan fingerprint density at radius 2 is 1.28 bits per heavy atom. The van der Waals surface area contributed by atoms with E-state index in [4.69, 9.17) is 0 Å². The van der Waals surface area contributed by atoms with E-state index in [9.17, 15) is 21.6 Å². The molecule has 2 aliphatic carbocycles. The van der Waals surface area contributed by atoms with Crippen LogP contribution in [0.25, 0.3) is 0 Å². The van der Waals surface area contributed by atoms with E-state index in [-0.39, 0.29) is 41.8 Å². The quantitative estimate of drug-likeness (QED) is 0.616. The van der Waals surface area contributed by atoms with Gasteiger partial charge in [0.1, 0.15) is 0 Å². The van der Waals surface area contributed by atoms with Gasteiger partial charge < -0.3 is 0 Å². The van der Waals surface area contributed by atoms with Crippen molar-refractivity contribution in [3.63, 3.8) is 0 Å². The van der Waals surface area contributed by atoms with Crippen LogP contribution >= 0.6 is 0 Å². The summed E-state index contributed by atoms with van der Waals surface area (Å²) in [4.78, 5) is 13.4. The molecule has 2 aromatic rings. The van der Waals surface area contributed by atoms with Gasteiger partial charge in [0.15, 0.2) is 5.78 Å². The first-order valence-electron chi connectivity index (χ1n) is 11.8. The Morgan fingerprint density at radius 1 is 0.750 bits per heavy atom. The minimum Gasteiger partial charge on any atom is -0.294 e. The summed E-state index contributed by atoms with van der Waals surface area (Å²) >= 11 is 0. The van der Waals surface area contributed by atoms with Gasteiger partial charge >= 0.3 is 0 Å². The molecule has 2 heterocycles. The van der Waals surface area contributed by atoms with Crippen LogP contribution in [0.15, 0.2) is 93.3 Å². The molecule has 0 saturated carbocycles. The van der Waals surface area contributed by atoms with Gasteiger partial charge in [-0.2, -0.15) is 8.61 Å². The van der Waals surface area contributed by atoms with Gasteiger partial charge in [-0.3, -0.25) is 4.79 Å². The number of nitrogens with zero attached hydrogens (tertiary/aromatic N) is 2. The van der Waals surface area contributed by atoms with Crippen LogP contribution in [-0.4, -0.2) is 57.4 Å². The number of hydrogen-bond donors (Lipinski definition) is 0. The summed E-state index contributed by atoms with van der Waals surface area (Å²) in [5.41, 5.74) is 3.63. The van der Waals surface area contributed by atoms with Crippen LogP contribution in [-0.2, 0) is 24.8 Å². The van der Waals surface area contributed by atoms with Crippen molar-refractivity contribution in [1.82, 2.24) is 8.61 Å². The molecule has 2 unspecified atom stereocenters. The lowest BCUT2D eigenvalue weighted by Crippen LogP contribution is -2.37. The van der Waals surface area contributed by atoms with Crippen molar-refractivity contribution in [2.45, 2.75) is 23.6 Å². The largest absolute Gasteiger partial charge is 0.294 e. The van der Waals surface area contributed by atoms with Crippen molar-refractivity contribution in [3.8, 4) is 0 Å². The summed E-state index contributed by atoms with van der Waals surface area (Å²) in [6, 6.07) is 13.5. The summed E-state index contributed by atoms with van der Waals surface area (Å²) in [5, 5.41) is 0. The highest BCUT2D eigenvalue weighted by molar-refractivity contribution is 7.89. The normalized spacial score (nSPS) is 26.2. The van der Waals surface area contributed by atoms with E-state index in [2.05, 4.69) is 0 Å². The molecule has 4 aliphatic rings. The third-order valence-corrected chi connectivity index (χ3v) is 11.4. The van der Waals surface area contributed by atoms with Gasteiger partial charge in [-0.1, -0.05) is 47.5 Å². The standard InChI is InChI=1S/C27H26N2O5S2/c1-18-3-7-23(8-4-18)35(31,32)28-14-20-11-25-26(30)12-22-16-29(17-27(22,25)13-21(20)15-28)36(33,34)24-9-5-19(2)6-10-24/h3-13,25H,14-17H2,1-2H3. The summed E-state index contributed by atoms with van der Waals surface area (Å²) in [6.07, 6.45) is 5.43. The SMILES string of the molecule is Cc1ccc(S(=O)(=O)N2CC3=CC4C(=O)C=C5CN(S(=O)(=O)c6ccc(C)cc6)CC54C=C3C2)cc1. The Kier molecular flexibility index (Phi) is 5.12. The summed E-state index contributed by atoms with van der Waals surface area (Å²) in [5.74, 6) is -0.577. The van der Waals surface area contributed by atoms with Crippen molar-refractivity contribution >= 4 is 25.8 Å². The van der Waals surface area contributed by atoms with E-state index >= 15 is 0 Å². The molecule has 2 aromatic carbocycles. The predicted molar refractivity (Wildman–Crippen MR) is 135 cm³/mol. The van der Waals surface area contributed by atoms with Gasteiger partial charge in [-0.15, -0.1) is 0 Å². The first kappa shape index (κ1) is 23.5. The number of carbonyl (C=O) groups is 1. The smallest absolute Gasteiger partial charge is 0.243 e. The minimum absolute atomic E-state index is 0.0555. The molecule has 1 spiro atoms. The first-order chi connectivity index (χ1) is 17.0. The molecule has 0 amide bonds. The van der Waals surface area contributed by atoms with Crippen LogP contribution in [0.2, 0.25) is 0 Å². The predicted octanol–water partition coefficient (Wildman–Crippen LogP) is 2.99. The molecule has 2 aliphatic heterocycles. The third kappa shape index (κ3) is 3.41. The molecule has 0 radical (unpaired) electrons. The van der Waals surface area contributed by atoms with Gasteiger partial charge in [0.2, 0.25) is 20.0 Å². The number of ketones is 1. The van der Waals surface area contributed by atoms with Crippen LogP contribution in [0, 0.1) is 25.2 Å². The number of aryl methyl sites for hydroxylation is 2. The van der Waals surface area contributed by atoms with E-state index in [1.165, 1.54) is 8.61 Å². The molecule has 0 bridgehead atoms. The second-order valence-corrected chi connectivity index (χ2v) is 14.0. The third-order valence-electron chi connectivity index (χ3n) is 7.78. The molecule has 7 nitrogen and oxygen atoms in total. The number of carbonyl (C=O) groups excluding carboxylic acids is 1. The summed E-state index contributed by atoms with van der Waals surface area (Å²) < 4.78 is 56.3. The number of sulfonamides is 2. The van der Waals surface area contributed by atoms with Crippen LogP contribution in [0.3, 0.4) is 0 Å². The average Bonchev–Trinajstić information content (AvgIpc) is 3.48. The van der Waals surface area contributed by atoms with Crippen LogP contribution < -0.4 is 0 Å². The molecule has 2 saturated heterocycles. The highest BCUT2D eigenvalue weighted by atomic mass is 32.2. The number of allylic oxidation sites excluding steroid dienone is 2. The van der Waals surface area contributed by atoms with Crippen LogP contribution in [0.4, 0.5) is 0 Å². The van der Waals surface area contributed by atoms with Gasteiger partial charge in [0, 0.05) is 31.6 Å². The molecule has 36 heavy (non-hydrogen) atoms. The van der Waals surface area contributed by atoms with Gasteiger partial charge in [0.25, 0.3) is 0 Å². The lowest BCUT2D eigenvalue weighted by molar-refractivity contribution is -0.117. The van der Waals surface area contributed by atoms with E-state index in [1.807, 2.05) is 26.0 Å². The number of hydrogen-bond acceptors (Lipinski definition) is 5. The van der Waals surface area contributed by atoms with E-state index < -0.39 is 31.4 Å². The zero-order chi connectivity index (χ0) is 25.5. The fourth-order valence-corrected chi connectivity index (χ4v) is 8.61. The molecule has 2 fully saturated rings. The highest BCUT2D eigenvalue weighted by Crippen LogP contribution is 2.54. The topological polar surface area (TPSA) is 91.8 Å². The molecule has 6 rings (SSSR count). The molecule has 9 heteroatoms. The monoisotopic (exact) mass is 522 g/mol. The highest BCUT2D eigenvalue weighted by Gasteiger charge is 2.57. The fourth-order valence-electron chi connectivity index (χ4n) is 5.75. The first-order valence-corrected chi connectivity index (χ1v) is 14.7. The van der Waals surface area contributed by atoms with Crippen molar-refractivity contribution in [2.24, 2.45) is 11.3 Å². The maximum atomic E-state index is 13.4. The zero-order valence-corrected chi connectivity index (χ0v) is 21.6. The van der Waals surface area contributed by atoms with Gasteiger partial charge in [-0.05, 0) is 60.9 Å². The van der Waals surface area contributed by atoms with E-state index in [0.29, 0.717) is 0 Å². The minimum atomic E-state index is -3.74. The Hall–Kier alpha value is -2.85. The van der Waals surface area contributed by atoms with Crippen molar-refractivity contribution in [1.29, 1.82) is 0 Å². The van der Waals surface area contributed by atoms with Crippen molar-refractivity contribution < 1.29 is 21.6 Å². The molecular weight excluding hydrogens is 496 g/mol. The van der Waals surface area contributed by atoms with Crippen molar-refractivity contribution in [3.05, 3.63) is 94.6 Å². The zero-order valence-electron chi connectivity index (χ0n) is 20.0. The summed E-state index contributed by atoms with van der Waals surface area (Å²) in [6.45, 7) is 4.50. The Balaban J connectivity index is 1.33. The average molecular weight is 523 g/mol. The maximum Gasteiger partial charge on any atom is 0.243 e. The van der Waals surface area contributed by atoms with Crippen LogP contribution in [0.1, 0.15) is 11.1 Å². The number of benzene rings is 2. The summed E-state index contributed by atoms with van der Waals surface area (Å²) in [7, 11) is -7.44. The fraction of sp³-hybridized carbons (Fsp3) is 0.296. The van der Waals surface area contributed by atoms with E-state index in [1.54, 1.807) is 54.6 Å². The Bertz CT molecular complexity index is 1600. The second kappa shape index (κ2) is 7.82. The second-order valence-electron chi connectivity index (χ2n) is 10.1.